The van der Waals surface area contributed by atoms with E-state index >= 15 is 0 Å². The van der Waals surface area contributed by atoms with Gasteiger partial charge in [0.2, 0.25) is 17.7 Å². The summed E-state index contributed by atoms with van der Waals surface area (Å²) in [6, 6.07) is 22.3. The largest absolute Gasteiger partial charge is 0.508 e. The maximum Gasteiger partial charge on any atom is 0.251 e. The summed E-state index contributed by atoms with van der Waals surface area (Å²) in [7, 11) is 0. The second-order valence-corrected chi connectivity index (χ2v) is 16.8. The third kappa shape index (κ3) is 17.0. The van der Waals surface area contributed by atoms with Crippen LogP contribution in [0.1, 0.15) is 124 Å². The minimum absolute atomic E-state index is 0.00835. The fraction of sp³-hybridized carbons (Fsp3) is 0.451. The van der Waals surface area contributed by atoms with Crippen molar-refractivity contribution in [2.45, 2.75) is 140 Å². The molecule has 3 atom stereocenters. The van der Waals surface area contributed by atoms with Crippen LogP contribution in [0.4, 0.5) is 0 Å². The fourth-order valence-corrected chi connectivity index (χ4v) is 7.87. The van der Waals surface area contributed by atoms with E-state index in [4.69, 9.17) is 4.74 Å². The first-order chi connectivity index (χ1) is 30.6. The van der Waals surface area contributed by atoms with Crippen LogP contribution in [0.25, 0.3) is 0 Å². The van der Waals surface area contributed by atoms with Crippen molar-refractivity contribution in [2.24, 2.45) is 0 Å². The number of unbranched alkanes of at least 4 members (excludes halogenated alkanes) is 8. The van der Waals surface area contributed by atoms with Gasteiger partial charge in [-0.15, -0.1) is 0 Å². The summed E-state index contributed by atoms with van der Waals surface area (Å²) < 4.78 is 5.94. The first kappa shape index (κ1) is 48.0. The van der Waals surface area contributed by atoms with Gasteiger partial charge in [-0.05, 0) is 96.6 Å². The molecule has 0 aromatic heterocycles. The standard InChI is InChI=1S/C51H66N4O8/c1-2-3-4-5-6-7-8-9-13-32-63-44-30-22-39(23-31-44)48(59)53-46(34-37-18-26-42(57)27-19-37)50(61)55-47(35-38-20-28-43(58)29-21-38)51(62)54-45(33-36-16-24-41(56)25-17-36)49(60)52-40-14-11-10-12-15-40/h16-31,40,45-47,56-58H,2-15,32-35H2,1H3,(H,52,60)(H,53,59)(H,54,62)(H,55,61)/t45-,46-,47-/m0/s1. The van der Waals surface area contributed by atoms with E-state index in [9.17, 15) is 34.5 Å². The molecule has 4 amide bonds. The van der Waals surface area contributed by atoms with Crippen LogP contribution in [-0.2, 0) is 33.6 Å². The number of aromatic hydroxyl groups is 3. The molecule has 1 saturated carbocycles. The van der Waals surface area contributed by atoms with Crippen LogP contribution in [0.2, 0.25) is 0 Å². The van der Waals surface area contributed by atoms with Gasteiger partial charge in [-0.2, -0.15) is 0 Å². The number of carbonyl (C=O) groups excluding carboxylic acids is 4. The molecule has 0 unspecified atom stereocenters. The first-order valence-corrected chi connectivity index (χ1v) is 22.8. The molecule has 63 heavy (non-hydrogen) atoms. The maximum atomic E-state index is 14.4. The third-order valence-corrected chi connectivity index (χ3v) is 11.6. The molecule has 0 radical (unpaired) electrons. The molecule has 1 aliphatic carbocycles. The van der Waals surface area contributed by atoms with E-state index in [2.05, 4.69) is 28.2 Å². The molecule has 0 heterocycles. The van der Waals surface area contributed by atoms with Crippen LogP contribution in [0.5, 0.6) is 23.0 Å². The summed E-state index contributed by atoms with van der Waals surface area (Å²) in [5, 5.41) is 41.5. The van der Waals surface area contributed by atoms with Gasteiger partial charge >= 0.3 is 0 Å². The highest BCUT2D eigenvalue weighted by Crippen LogP contribution is 2.20. The molecule has 0 bridgehead atoms. The van der Waals surface area contributed by atoms with Gasteiger partial charge in [0.05, 0.1) is 6.61 Å². The van der Waals surface area contributed by atoms with E-state index in [1.807, 2.05) is 0 Å². The number of rotatable bonds is 25. The van der Waals surface area contributed by atoms with E-state index in [0.29, 0.717) is 34.6 Å². The highest BCUT2D eigenvalue weighted by Gasteiger charge is 2.31. The van der Waals surface area contributed by atoms with Crippen LogP contribution in [0.15, 0.2) is 97.1 Å². The number of phenolic OH excluding ortho intramolecular Hbond substituents is 3. The number of amides is 4. The third-order valence-electron chi connectivity index (χ3n) is 11.6. The smallest absolute Gasteiger partial charge is 0.251 e. The SMILES string of the molecule is CCCCCCCCCCCOc1ccc(C(=O)N[C@@H](Cc2ccc(O)cc2)C(=O)N[C@@H](Cc2ccc(O)cc2)C(=O)N[C@@H](Cc2ccc(O)cc2)C(=O)NC2CCCCC2)cc1. The zero-order chi connectivity index (χ0) is 44.8. The Kier molecular flexibility index (Phi) is 19.6. The Morgan fingerprint density at radius 2 is 0.937 bits per heavy atom. The molecule has 1 fully saturated rings. The average Bonchev–Trinajstić information content (AvgIpc) is 3.29. The highest BCUT2D eigenvalue weighted by molar-refractivity contribution is 5.99. The van der Waals surface area contributed by atoms with Gasteiger partial charge in [-0.3, -0.25) is 19.2 Å². The monoisotopic (exact) mass is 862 g/mol. The van der Waals surface area contributed by atoms with Crippen LogP contribution >= 0.6 is 0 Å². The molecule has 7 N–H and O–H groups in total. The van der Waals surface area contributed by atoms with Gasteiger partial charge in [0.1, 0.15) is 41.1 Å². The number of phenols is 3. The molecule has 0 saturated heterocycles. The zero-order valence-corrected chi connectivity index (χ0v) is 36.7. The van der Waals surface area contributed by atoms with E-state index in [1.54, 1.807) is 60.7 Å². The summed E-state index contributed by atoms with van der Waals surface area (Å²) >= 11 is 0. The zero-order valence-electron chi connectivity index (χ0n) is 36.7. The van der Waals surface area contributed by atoms with Crippen molar-refractivity contribution in [1.82, 2.24) is 21.3 Å². The number of ether oxygens (including phenoxy) is 1. The van der Waals surface area contributed by atoms with Gasteiger partial charge in [0, 0.05) is 30.9 Å². The van der Waals surface area contributed by atoms with Gasteiger partial charge < -0.3 is 41.3 Å². The van der Waals surface area contributed by atoms with Gasteiger partial charge in [0.25, 0.3) is 5.91 Å². The Bertz CT molecular complexity index is 2000. The summed E-state index contributed by atoms with van der Waals surface area (Å²) in [6.45, 7) is 2.81. The van der Waals surface area contributed by atoms with Crippen LogP contribution in [-0.4, -0.2) is 69.7 Å². The molecule has 4 aromatic rings. The maximum absolute atomic E-state index is 14.4. The van der Waals surface area contributed by atoms with Crippen molar-refractivity contribution in [3.8, 4) is 23.0 Å². The van der Waals surface area contributed by atoms with E-state index in [1.165, 1.54) is 81.3 Å². The Morgan fingerprint density at radius 1 is 0.524 bits per heavy atom. The van der Waals surface area contributed by atoms with Crippen LogP contribution in [0, 0.1) is 0 Å². The topological polar surface area (TPSA) is 186 Å². The van der Waals surface area contributed by atoms with Gasteiger partial charge in [-0.25, -0.2) is 0 Å². The van der Waals surface area contributed by atoms with E-state index in [0.717, 1.165) is 44.9 Å². The fourth-order valence-electron chi connectivity index (χ4n) is 7.87. The quantitative estimate of drug-likeness (QED) is 0.0327. The lowest BCUT2D eigenvalue weighted by atomic mass is 9.95. The van der Waals surface area contributed by atoms with Crippen molar-refractivity contribution < 1.29 is 39.2 Å². The molecular weight excluding hydrogens is 797 g/mol. The summed E-state index contributed by atoms with van der Waals surface area (Å²) in [6.07, 6.45) is 15.9. The number of nitrogens with one attached hydrogen (secondary N) is 4. The van der Waals surface area contributed by atoms with Crippen molar-refractivity contribution in [1.29, 1.82) is 0 Å². The lowest BCUT2D eigenvalue weighted by Crippen LogP contribution is -2.58. The van der Waals surface area contributed by atoms with Gasteiger partial charge in [-0.1, -0.05) is 114 Å². The molecule has 0 aliphatic heterocycles. The average molecular weight is 863 g/mol. The number of benzene rings is 4. The highest BCUT2D eigenvalue weighted by atomic mass is 16.5. The lowest BCUT2D eigenvalue weighted by molar-refractivity contribution is -0.132. The van der Waals surface area contributed by atoms with Crippen molar-refractivity contribution in [3.05, 3.63) is 119 Å². The predicted molar refractivity (Wildman–Crippen MR) is 245 cm³/mol. The predicted octanol–water partition coefficient (Wildman–Crippen LogP) is 7.96. The Labute approximate surface area is 372 Å². The lowest BCUT2D eigenvalue weighted by Gasteiger charge is -2.28. The van der Waals surface area contributed by atoms with Crippen LogP contribution in [0.3, 0.4) is 0 Å². The van der Waals surface area contributed by atoms with Crippen LogP contribution < -0.4 is 26.0 Å². The normalized spacial score (nSPS) is 14.2. The summed E-state index contributed by atoms with van der Waals surface area (Å²) in [5.41, 5.74) is 2.31. The van der Waals surface area contributed by atoms with Gasteiger partial charge in [0.15, 0.2) is 0 Å². The Morgan fingerprint density at radius 3 is 1.40 bits per heavy atom. The number of carbonyl (C=O) groups is 4. The van der Waals surface area contributed by atoms with E-state index < -0.39 is 35.8 Å². The minimum atomic E-state index is -1.20. The molecule has 5 rings (SSSR count). The molecule has 1 aliphatic rings. The Balaban J connectivity index is 1.29. The second-order valence-electron chi connectivity index (χ2n) is 16.8. The molecule has 338 valence electrons. The Hall–Kier alpha value is -6.04. The van der Waals surface area contributed by atoms with Crippen molar-refractivity contribution in [2.75, 3.05) is 6.61 Å². The van der Waals surface area contributed by atoms with E-state index in [-0.39, 0.29) is 48.5 Å². The number of hydrogen-bond acceptors (Lipinski definition) is 8. The summed E-state index contributed by atoms with van der Waals surface area (Å²) in [4.78, 5) is 56.3. The molecule has 4 aromatic carbocycles. The summed E-state index contributed by atoms with van der Waals surface area (Å²) in [5.74, 6) is -1.32. The molecule has 12 nitrogen and oxygen atoms in total. The molecule has 0 spiro atoms. The second kappa shape index (κ2) is 25.8. The molecule has 12 heteroatoms. The van der Waals surface area contributed by atoms with Crippen molar-refractivity contribution >= 4 is 23.6 Å². The number of hydrogen-bond donors (Lipinski definition) is 7. The molecular formula is C51H66N4O8. The minimum Gasteiger partial charge on any atom is -0.508 e. The van der Waals surface area contributed by atoms with Crippen molar-refractivity contribution in [3.63, 3.8) is 0 Å². The first-order valence-electron chi connectivity index (χ1n) is 22.8.